The number of piperidine rings is 1. The van der Waals surface area contributed by atoms with Crippen molar-refractivity contribution in [3.63, 3.8) is 0 Å². The molecule has 130 valence electrons. The molecule has 2 heterocycles. The molecule has 1 aromatic rings. The normalized spacial score (nSPS) is 16.7. The smallest absolute Gasteiger partial charge is 0.191 e. The average molecular weight is 320 g/mol. The maximum absolute atomic E-state index is 5.37. The molecular weight excluding hydrogens is 288 g/mol. The SMILES string of the molecule is CC(C)CN=C(NCCc1ccco1)NCCN1CCCCC1. The summed E-state index contributed by atoms with van der Waals surface area (Å²) in [5, 5.41) is 6.88. The Morgan fingerprint density at radius 3 is 2.70 bits per heavy atom. The summed E-state index contributed by atoms with van der Waals surface area (Å²) in [7, 11) is 0. The molecule has 0 aromatic carbocycles. The van der Waals surface area contributed by atoms with E-state index in [0.29, 0.717) is 5.92 Å². The highest BCUT2D eigenvalue weighted by Crippen LogP contribution is 2.07. The number of hydrogen-bond donors (Lipinski definition) is 2. The van der Waals surface area contributed by atoms with Crippen LogP contribution in [0.3, 0.4) is 0 Å². The molecule has 0 amide bonds. The minimum Gasteiger partial charge on any atom is -0.469 e. The van der Waals surface area contributed by atoms with E-state index in [1.54, 1.807) is 6.26 Å². The molecule has 5 nitrogen and oxygen atoms in total. The maximum Gasteiger partial charge on any atom is 0.191 e. The summed E-state index contributed by atoms with van der Waals surface area (Å²) in [6.45, 7) is 10.6. The highest BCUT2D eigenvalue weighted by atomic mass is 16.3. The molecule has 0 aliphatic carbocycles. The van der Waals surface area contributed by atoms with Crippen LogP contribution in [0.2, 0.25) is 0 Å². The van der Waals surface area contributed by atoms with E-state index in [1.165, 1.54) is 32.4 Å². The van der Waals surface area contributed by atoms with Gasteiger partial charge in [0, 0.05) is 32.6 Å². The van der Waals surface area contributed by atoms with Gasteiger partial charge in [0.2, 0.25) is 0 Å². The van der Waals surface area contributed by atoms with Crippen LogP contribution in [0.1, 0.15) is 38.9 Å². The van der Waals surface area contributed by atoms with Crippen LogP contribution in [-0.4, -0.2) is 50.1 Å². The summed E-state index contributed by atoms with van der Waals surface area (Å²) in [6, 6.07) is 3.94. The predicted octanol–water partition coefficient (Wildman–Crippen LogP) is 2.50. The molecule has 23 heavy (non-hydrogen) atoms. The number of furan rings is 1. The van der Waals surface area contributed by atoms with Crippen molar-refractivity contribution >= 4 is 5.96 Å². The van der Waals surface area contributed by atoms with E-state index in [4.69, 9.17) is 4.42 Å². The molecule has 5 heteroatoms. The van der Waals surface area contributed by atoms with E-state index < -0.39 is 0 Å². The molecule has 0 spiro atoms. The van der Waals surface area contributed by atoms with Gasteiger partial charge in [-0.1, -0.05) is 20.3 Å². The van der Waals surface area contributed by atoms with Crippen LogP contribution in [0, 0.1) is 5.92 Å². The summed E-state index contributed by atoms with van der Waals surface area (Å²) < 4.78 is 5.37. The molecule has 1 aliphatic rings. The summed E-state index contributed by atoms with van der Waals surface area (Å²) in [4.78, 5) is 7.21. The molecule has 2 rings (SSSR count). The van der Waals surface area contributed by atoms with E-state index >= 15 is 0 Å². The summed E-state index contributed by atoms with van der Waals surface area (Å²) >= 11 is 0. The fraction of sp³-hybridized carbons (Fsp3) is 0.722. The highest BCUT2D eigenvalue weighted by Gasteiger charge is 2.09. The molecule has 0 bridgehead atoms. The van der Waals surface area contributed by atoms with Gasteiger partial charge in [-0.15, -0.1) is 0 Å². The second-order valence-corrected chi connectivity index (χ2v) is 6.67. The molecule has 0 unspecified atom stereocenters. The first kappa shape index (κ1) is 17.9. The largest absolute Gasteiger partial charge is 0.469 e. The summed E-state index contributed by atoms with van der Waals surface area (Å²) in [6.07, 6.45) is 6.67. The van der Waals surface area contributed by atoms with Crippen molar-refractivity contribution in [1.82, 2.24) is 15.5 Å². The van der Waals surface area contributed by atoms with Gasteiger partial charge in [0.1, 0.15) is 5.76 Å². The zero-order chi connectivity index (χ0) is 16.3. The van der Waals surface area contributed by atoms with Crippen molar-refractivity contribution in [2.45, 2.75) is 39.5 Å². The van der Waals surface area contributed by atoms with Gasteiger partial charge in [0.25, 0.3) is 0 Å². The number of aliphatic imine (C=N–C) groups is 1. The van der Waals surface area contributed by atoms with Gasteiger partial charge >= 0.3 is 0 Å². The average Bonchev–Trinajstić information content (AvgIpc) is 3.06. The topological polar surface area (TPSA) is 52.8 Å². The van der Waals surface area contributed by atoms with Crippen molar-refractivity contribution in [2.75, 3.05) is 39.3 Å². The van der Waals surface area contributed by atoms with Crippen LogP contribution >= 0.6 is 0 Å². The lowest BCUT2D eigenvalue weighted by molar-refractivity contribution is 0.232. The van der Waals surface area contributed by atoms with Crippen molar-refractivity contribution < 1.29 is 4.42 Å². The van der Waals surface area contributed by atoms with Crippen molar-refractivity contribution in [2.24, 2.45) is 10.9 Å². The Morgan fingerprint density at radius 2 is 2.00 bits per heavy atom. The first-order valence-electron chi connectivity index (χ1n) is 9.01. The molecule has 1 saturated heterocycles. The van der Waals surface area contributed by atoms with Gasteiger partial charge in [-0.3, -0.25) is 4.99 Å². The quantitative estimate of drug-likeness (QED) is 0.571. The van der Waals surface area contributed by atoms with E-state index in [-0.39, 0.29) is 0 Å². The number of guanidine groups is 1. The van der Waals surface area contributed by atoms with Gasteiger partial charge in [-0.25, -0.2) is 0 Å². The van der Waals surface area contributed by atoms with Gasteiger partial charge < -0.3 is 20.0 Å². The number of hydrogen-bond acceptors (Lipinski definition) is 3. The molecule has 1 fully saturated rings. The second kappa shape index (κ2) is 10.3. The number of nitrogens with one attached hydrogen (secondary N) is 2. The third-order valence-electron chi connectivity index (χ3n) is 4.03. The van der Waals surface area contributed by atoms with E-state index in [2.05, 4.69) is 34.4 Å². The van der Waals surface area contributed by atoms with Crippen LogP contribution in [0.5, 0.6) is 0 Å². The monoisotopic (exact) mass is 320 g/mol. The Morgan fingerprint density at radius 1 is 1.22 bits per heavy atom. The lowest BCUT2D eigenvalue weighted by Gasteiger charge is -2.26. The zero-order valence-corrected chi connectivity index (χ0v) is 14.7. The first-order valence-corrected chi connectivity index (χ1v) is 9.01. The summed E-state index contributed by atoms with van der Waals surface area (Å²) in [5.74, 6) is 2.50. The fourth-order valence-corrected chi connectivity index (χ4v) is 2.72. The Kier molecular flexibility index (Phi) is 8.01. The van der Waals surface area contributed by atoms with Crippen molar-refractivity contribution in [3.05, 3.63) is 24.2 Å². The van der Waals surface area contributed by atoms with Crippen molar-refractivity contribution in [1.29, 1.82) is 0 Å². The van der Waals surface area contributed by atoms with Crippen LogP contribution < -0.4 is 10.6 Å². The molecule has 0 radical (unpaired) electrons. The van der Waals surface area contributed by atoms with Gasteiger partial charge in [-0.2, -0.15) is 0 Å². The summed E-state index contributed by atoms with van der Waals surface area (Å²) in [5.41, 5.74) is 0. The maximum atomic E-state index is 5.37. The van der Waals surface area contributed by atoms with Gasteiger partial charge in [-0.05, 0) is 44.0 Å². The lowest BCUT2D eigenvalue weighted by atomic mass is 10.1. The standard InChI is InChI=1S/C18H32N4O/c1-16(2)15-21-18(19-9-8-17-7-6-14-23-17)20-10-13-22-11-4-3-5-12-22/h6-7,14,16H,3-5,8-13,15H2,1-2H3,(H2,19,20,21). The lowest BCUT2D eigenvalue weighted by Crippen LogP contribution is -2.43. The van der Waals surface area contributed by atoms with Gasteiger partial charge in [0.15, 0.2) is 5.96 Å². The number of likely N-dealkylation sites (tertiary alicyclic amines) is 1. The fourth-order valence-electron chi connectivity index (χ4n) is 2.72. The molecule has 2 N–H and O–H groups in total. The molecule has 0 saturated carbocycles. The first-order chi connectivity index (χ1) is 11.2. The molecule has 0 atom stereocenters. The van der Waals surface area contributed by atoms with E-state index in [1.807, 2.05) is 12.1 Å². The molecule has 1 aliphatic heterocycles. The third kappa shape index (κ3) is 7.55. The van der Waals surface area contributed by atoms with Crippen LogP contribution in [0.4, 0.5) is 0 Å². The minimum absolute atomic E-state index is 0.570. The zero-order valence-electron chi connectivity index (χ0n) is 14.7. The Bertz CT molecular complexity index is 436. The van der Waals surface area contributed by atoms with Crippen LogP contribution in [-0.2, 0) is 6.42 Å². The minimum atomic E-state index is 0.570. The number of rotatable bonds is 8. The van der Waals surface area contributed by atoms with E-state index in [9.17, 15) is 0 Å². The second-order valence-electron chi connectivity index (χ2n) is 6.67. The predicted molar refractivity (Wildman–Crippen MR) is 95.8 cm³/mol. The third-order valence-corrected chi connectivity index (χ3v) is 4.03. The molecule has 1 aromatic heterocycles. The van der Waals surface area contributed by atoms with E-state index in [0.717, 1.165) is 44.3 Å². The molecular formula is C18H32N4O. The Labute approximate surface area is 140 Å². The van der Waals surface area contributed by atoms with Crippen molar-refractivity contribution in [3.8, 4) is 0 Å². The highest BCUT2D eigenvalue weighted by molar-refractivity contribution is 5.79. The Balaban J connectivity index is 1.70. The van der Waals surface area contributed by atoms with Crippen LogP contribution in [0.25, 0.3) is 0 Å². The Hall–Kier alpha value is -1.49. The van der Waals surface area contributed by atoms with Crippen LogP contribution in [0.15, 0.2) is 27.8 Å². The van der Waals surface area contributed by atoms with Gasteiger partial charge in [0.05, 0.1) is 6.26 Å². The number of nitrogens with zero attached hydrogens (tertiary/aromatic N) is 2.